The molecule has 0 N–H and O–H groups in total. The zero-order valence-corrected chi connectivity index (χ0v) is 39.4. The number of rotatable bonds is 28. The number of benzene rings is 4. The Labute approximate surface area is 386 Å². The maximum Gasteiger partial charge on any atom is 2.00 e. The average Bonchev–Trinajstić information content (AvgIpc) is 3.20. The topological polar surface area (TPSA) is 133 Å². The Morgan fingerprint density at radius 1 is 0.390 bits per heavy atom. The molecule has 0 saturated heterocycles. The first kappa shape index (κ1) is 52.7. The molecule has 0 aromatic heterocycles. The zero-order chi connectivity index (χ0) is 41.9. The molecule has 0 bridgehead atoms. The molecule has 4 aromatic carbocycles. The monoisotopic (exact) mass is 874 g/mol. The van der Waals surface area contributed by atoms with Gasteiger partial charge < -0.3 is 18.6 Å². The summed E-state index contributed by atoms with van der Waals surface area (Å²) in [7, 11) is -9.21. The maximum atomic E-state index is 11.7. The first-order chi connectivity index (χ1) is 28.0. The van der Waals surface area contributed by atoms with Crippen molar-refractivity contribution in [3.63, 3.8) is 0 Å². The molecular weight excluding hydrogens is 809 g/mol. The molecule has 59 heavy (non-hydrogen) atoms. The van der Waals surface area contributed by atoms with Crippen molar-refractivity contribution in [2.24, 2.45) is 0 Å². The van der Waals surface area contributed by atoms with E-state index in [4.69, 9.17) is 9.47 Å². The SMILES string of the molecule is CCCCCCCCCCCCc1cccc(S(=O)(=O)[O-])c1Oc1ccccc1.CCCCCCCCCCCCc1cccc(S(=O)(=O)[O-])c1Oc1ccccc1.[Ca+2]. The second-order valence-corrected chi connectivity index (χ2v) is 17.8. The van der Waals surface area contributed by atoms with Gasteiger partial charge in [-0.05, 0) is 73.2 Å². The van der Waals surface area contributed by atoms with Crippen molar-refractivity contribution in [2.45, 2.75) is 165 Å². The quantitative estimate of drug-likeness (QED) is 0.0313. The fourth-order valence-corrected chi connectivity index (χ4v) is 8.25. The summed E-state index contributed by atoms with van der Waals surface area (Å²) in [6.45, 7) is 4.47. The number of hydrogen-bond acceptors (Lipinski definition) is 8. The summed E-state index contributed by atoms with van der Waals surface area (Å²) < 4.78 is 81.9. The second-order valence-electron chi connectivity index (χ2n) is 15.1. The fourth-order valence-electron chi connectivity index (χ4n) is 6.96. The van der Waals surface area contributed by atoms with Crippen molar-refractivity contribution >= 4 is 58.0 Å². The minimum Gasteiger partial charge on any atom is -0.744 e. The molecule has 4 rings (SSSR count). The summed E-state index contributed by atoms with van der Waals surface area (Å²) in [5.41, 5.74) is 1.54. The van der Waals surface area contributed by atoms with E-state index in [1.165, 1.54) is 115 Å². The van der Waals surface area contributed by atoms with Crippen molar-refractivity contribution in [3.8, 4) is 23.0 Å². The van der Waals surface area contributed by atoms with Crippen molar-refractivity contribution in [1.29, 1.82) is 0 Å². The normalized spacial score (nSPS) is 11.3. The molecule has 0 spiro atoms. The summed E-state index contributed by atoms with van der Waals surface area (Å²) in [6, 6.07) is 27.5. The second kappa shape index (κ2) is 30.6. The molecule has 4 aromatic rings. The van der Waals surface area contributed by atoms with Crippen LogP contribution in [0.25, 0.3) is 0 Å². The van der Waals surface area contributed by atoms with Gasteiger partial charge in [-0.3, -0.25) is 0 Å². The minimum atomic E-state index is -4.60. The van der Waals surface area contributed by atoms with Crippen molar-refractivity contribution < 1.29 is 35.4 Å². The Balaban J connectivity index is 0.000000400. The molecule has 0 aliphatic carbocycles. The van der Waals surface area contributed by atoms with Gasteiger partial charge in [-0.2, -0.15) is 0 Å². The van der Waals surface area contributed by atoms with Crippen LogP contribution in [-0.2, 0) is 33.1 Å². The third-order valence-electron chi connectivity index (χ3n) is 10.2. The summed E-state index contributed by atoms with van der Waals surface area (Å²) >= 11 is 0. The van der Waals surface area contributed by atoms with E-state index in [1.807, 2.05) is 48.5 Å². The van der Waals surface area contributed by atoms with Gasteiger partial charge in [0, 0.05) is 0 Å². The third-order valence-corrected chi connectivity index (χ3v) is 11.9. The van der Waals surface area contributed by atoms with E-state index in [2.05, 4.69) is 13.8 Å². The van der Waals surface area contributed by atoms with E-state index in [0.717, 1.165) is 36.8 Å². The zero-order valence-electron chi connectivity index (χ0n) is 35.6. The number of hydrogen-bond donors (Lipinski definition) is 0. The predicted molar refractivity (Wildman–Crippen MR) is 239 cm³/mol. The Kier molecular flexibility index (Phi) is 27.3. The third kappa shape index (κ3) is 21.8. The van der Waals surface area contributed by atoms with Crippen LogP contribution >= 0.6 is 0 Å². The molecule has 0 amide bonds. The van der Waals surface area contributed by atoms with E-state index >= 15 is 0 Å². The van der Waals surface area contributed by atoms with Crippen molar-refractivity contribution in [1.82, 2.24) is 0 Å². The molecule has 0 saturated carbocycles. The molecule has 320 valence electrons. The summed E-state index contributed by atoms with van der Waals surface area (Å²) in [4.78, 5) is -0.572. The van der Waals surface area contributed by atoms with Gasteiger partial charge >= 0.3 is 37.7 Å². The number of aryl methyl sites for hydroxylation is 2. The molecule has 0 heterocycles. The summed E-state index contributed by atoms with van der Waals surface area (Å²) in [6.07, 6.45) is 26.1. The molecule has 11 heteroatoms. The van der Waals surface area contributed by atoms with Crippen LogP contribution in [0.2, 0.25) is 0 Å². The minimum absolute atomic E-state index is 0. The predicted octanol–water partition coefficient (Wildman–Crippen LogP) is 13.3. The van der Waals surface area contributed by atoms with E-state index < -0.39 is 20.2 Å². The van der Waals surface area contributed by atoms with Gasteiger partial charge in [0.15, 0.2) is 0 Å². The van der Waals surface area contributed by atoms with Crippen LogP contribution in [0, 0.1) is 0 Å². The average molecular weight is 875 g/mol. The standard InChI is InChI=1S/2C24H34O4S.Ca/c2*1-2-3-4-5-6-7-8-9-10-12-16-21-17-15-20-23(29(25,26)27)24(21)28-22-18-13-11-14-19-22;/h2*11,13-15,17-20H,2-10,12,16H2,1H3,(H,25,26,27);/q;;+2/p-2. The van der Waals surface area contributed by atoms with Crippen LogP contribution in [0.1, 0.15) is 153 Å². The van der Waals surface area contributed by atoms with Crippen LogP contribution in [-0.4, -0.2) is 63.7 Å². The Bertz CT molecular complexity index is 1780. The van der Waals surface area contributed by atoms with E-state index in [0.29, 0.717) is 24.3 Å². The van der Waals surface area contributed by atoms with Gasteiger partial charge in [-0.1, -0.05) is 190 Å². The van der Waals surface area contributed by atoms with Gasteiger partial charge in [0.1, 0.15) is 43.2 Å². The van der Waals surface area contributed by atoms with E-state index in [-0.39, 0.29) is 59.0 Å². The van der Waals surface area contributed by atoms with Gasteiger partial charge in [0.05, 0.1) is 9.79 Å². The molecule has 0 fully saturated rings. The van der Waals surface area contributed by atoms with Crippen molar-refractivity contribution in [3.05, 3.63) is 108 Å². The number of para-hydroxylation sites is 4. The van der Waals surface area contributed by atoms with Crippen LogP contribution in [0.15, 0.2) is 107 Å². The molecule has 0 unspecified atom stereocenters. The first-order valence-corrected chi connectivity index (χ1v) is 24.5. The Morgan fingerprint density at radius 3 is 0.966 bits per heavy atom. The Morgan fingerprint density at radius 2 is 0.678 bits per heavy atom. The fraction of sp³-hybridized carbons (Fsp3) is 0.500. The van der Waals surface area contributed by atoms with Gasteiger partial charge in [0.2, 0.25) is 0 Å². The van der Waals surface area contributed by atoms with E-state index in [9.17, 15) is 25.9 Å². The Hall–Kier alpha value is -2.44. The van der Waals surface area contributed by atoms with Gasteiger partial charge in [-0.15, -0.1) is 0 Å². The molecule has 0 atom stereocenters. The molecule has 8 nitrogen and oxygen atoms in total. The summed E-state index contributed by atoms with van der Waals surface area (Å²) in [5.74, 6) is 1.38. The molecular formula is C48H66CaO8S2. The number of unbranched alkanes of at least 4 members (excludes halogenated alkanes) is 18. The van der Waals surface area contributed by atoms with Gasteiger partial charge in [-0.25, -0.2) is 16.8 Å². The molecule has 0 aliphatic heterocycles. The van der Waals surface area contributed by atoms with Gasteiger partial charge in [0.25, 0.3) is 0 Å². The van der Waals surface area contributed by atoms with Crippen molar-refractivity contribution in [2.75, 3.05) is 0 Å². The largest absolute Gasteiger partial charge is 2.00 e. The first-order valence-electron chi connectivity index (χ1n) is 21.7. The summed E-state index contributed by atoms with van der Waals surface area (Å²) in [5, 5.41) is 0. The maximum absolute atomic E-state index is 11.7. The van der Waals surface area contributed by atoms with Crippen LogP contribution in [0.3, 0.4) is 0 Å². The smallest absolute Gasteiger partial charge is 0.744 e. The number of ether oxygens (including phenoxy) is 2. The van der Waals surface area contributed by atoms with Crippen LogP contribution in [0.5, 0.6) is 23.0 Å². The van der Waals surface area contributed by atoms with E-state index in [1.54, 1.807) is 36.4 Å². The molecule has 0 aliphatic rings. The van der Waals surface area contributed by atoms with Crippen LogP contribution in [0.4, 0.5) is 0 Å². The van der Waals surface area contributed by atoms with Crippen LogP contribution < -0.4 is 9.47 Å². The molecule has 0 radical (unpaired) electrons.